The Labute approximate surface area is 191 Å². The van der Waals surface area contributed by atoms with E-state index in [1.807, 2.05) is 23.1 Å². The minimum atomic E-state index is -0.287. The Balaban J connectivity index is 1.35. The van der Waals surface area contributed by atoms with Gasteiger partial charge in [-0.2, -0.15) is 0 Å². The quantitative estimate of drug-likeness (QED) is 0.618. The van der Waals surface area contributed by atoms with Gasteiger partial charge in [-0.3, -0.25) is 0 Å². The predicted molar refractivity (Wildman–Crippen MR) is 130 cm³/mol. The molecule has 2 amide bonds. The second-order valence-electron chi connectivity index (χ2n) is 10.5. The zero-order chi connectivity index (χ0) is 22.9. The number of amides is 2. The number of urea groups is 1. The molecule has 2 aromatic carbocycles. The lowest BCUT2D eigenvalue weighted by atomic mass is 9.84. The normalized spacial score (nSPS) is 17.9. The fraction of sp³-hybridized carbons (Fsp3) is 0.481. The molecule has 0 aliphatic carbocycles. The minimum absolute atomic E-state index is 0.0372. The number of rotatable bonds is 3. The van der Waals surface area contributed by atoms with Crippen molar-refractivity contribution in [3.63, 3.8) is 0 Å². The monoisotopic (exact) mass is 433 g/mol. The Bertz CT molecular complexity index is 994. The molecule has 2 aliphatic rings. The lowest BCUT2D eigenvalue weighted by Crippen LogP contribution is -2.48. The molecule has 0 saturated carbocycles. The summed E-state index contributed by atoms with van der Waals surface area (Å²) in [4.78, 5) is 20.8. The van der Waals surface area contributed by atoms with Crippen LogP contribution < -0.4 is 5.32 Å². The van der Waals surface area contributed by atoms with E-state index in [9.17, 15) is 4.79 Å². The Kier molecular flexibility index (Phi) is 6.02. The highest BCUT2D eigenvalue weighted by molar-refractivity contribution is 6.01. The number of oxime groups is 1. The van der Waals surface area contributed by atoms with Gasteiger partial charge in [-0.05, 0) is 34.1 Å². The highest BCUT2D eigenvalue weighted by atomic mass is 16.7. The summed E-state index contributed by atoms with van der Waals surface area (Å²) in [5.74, 6) is 0.357. The van der Waals surface area contributed by atoms with Crippen LogP contribution in [0, 0.1) is 0 Å². The molecular formula is C27H35N3O2. The van der Waals surface area contributed by atoms with E-state index in [2.05, 4.69) is 75.4 Å². The summed E-state index contributed by atoms with van der Waals surface area (Å²) < 4.78 is 0. The SMILES string of the molecule is CC(C)c1ccccc1NC(=O)N1CCC2(CC1)CC(c1ccc(C(C)(C)C)cc1)=NO2. The average Bonchev–Trinajstić information content (AvgIpc) is 3.17. The van der Waals surface area contributed by atoms with Crippen molar-refractivity contribution in [1.82, 2.24) is 4.90 Å². The number of piperidine rings is 1. The lowest BCUT2D eigenvalue weighted by Gasteiger charge is -2.37. The van der Waals surface area contributed by atoms with Crippen LogP contribution in [0.15, 0.2) is 53.7 Å². The van der Waals surface area contributed by atoms with Gasteiger partial charge in [-0.25, -0.2) is 4.79 Å². The van der Waals surface area contributed by atoms with Gasteiger partial charge in [-0.1, -0.05) is 82.2 Å². The molecule has 32 heavy (non-hydrogen) atoms. The molecule has 0 aromatic heterocycles. The summed E-state index contributed by atoms with van der Waals surface area (Å²) in [5, 5.41) is 7.55. The molecule has 1 fully saturated rings. The van der Waals surface area contributed by atoms with Crippen LogP contribution in [0.2, 0.25) is 0 Å². The second-order valence-corrected chi connectivity index (χ2v) is 10.5. The molecule has 1 saturated heterocycles. The van der Waals surface area contributed by atoms with Gasteiger partial charge in [0, 0.05) is 38.0 Å². The Hall–Kier alpha value is -2.82. The van der Waals surface area contributed by atoms with Crippen molar-refractivity contribution in [3.8, 4) is 0 Å². The maximum Gasteiger partial charge on any atom is 0.321 e. The first-order chi connectivity index (χ1) is 15.2. The standard InChI is InChI=1S/C27H35N3O2/c1-19(2)22-8-6-7-9-23(22)28-25(31)30-16-14-27(15-17-30)18-24(29-32-27)20-10-12-21(13-11-20)26(3,4)5/h6-13,19H,14-18H2,1-5H3,(H,28,31). The number of hydrogen-bond acceptors (Lipinski definition) is 3. The van der Waals surface area contributed by atoms with Crippen molar-refractivity contribution in [1.29, 1.82) is 0 Å². The number of carbonyl (C=O) groups excluding carboxylic acids is 1. The highest BCUT2D eigenvalue weighted by Gasteiger charge is 2.43. The van der Waals surface area contributed by atoms with E-state index >= 15 is 0 Å². The fourth-order valence-corrected chi connectivity index (χ4v) is 4.53. The van der Waals surface area contributed by atoms with Crippen LogP contribution in [0.4, 0.5) is 10.5 Å². The maximum absolute atomic E-state index is 12.9. The van der Waals surface area contributed by atoms with Crippen molar-refractivity contribution in [2.45, 2.75) is 70.8 Å². The van der Waals surface area contributed by atoms with E-state index in [1.54, 1.807) is 0 Å². The molecule has 2 aliphatic heterocycles. The summed E-state index contributed by atoms with van der Waals surface area (Å²) in [7, 11) is 0. The topological polar surface area (TPSA) is 53.9 Å². The summed E-state index contributed by atoms with van der Waals surface area (Å²) in [6, 6.07) is 16.7. The van der Waals surface area contributed by atoms with Crippen LogP contribution in [0.25, 0.3) is 0 Å². The molecule has 5 nitrogen and oxygen atoms in total. The van der Waals surface area contributed by atoms with E-state index in [0.29, 0.717) is 19.0 Å². The van der Waals surface area contributed by atoms with Crippen molar-refractivity contribution in [3.05, 3.63) is 65.2 Å². The van der Waals surface area contributed by atoms with Gasteiger partial charge in [0.15, 0.2) is 0 Å². The molecule has 1 spiro atoms. The summed E-state index contributed by atoms with van der Waals surface area (Å²) >= 11 is 0. The number of nitrogens with one attached hydrogen (secondary N) is 1. The van der Waals surface area contributed by atoms with Crippen molar-refractivity contribution >= 4 is 17.4 Å². The predicted octanol–water partition coefficient (Wildman–Crippen LogP) is 6.30. The number of hydrogen-bond donors (Lipinski definition) is 1. The van der Waals surface area contributed by atoms with Crippen molar-refractivity contribution in [2.75, 3.05) is 18.4 Å². The van der Waals surface area contributed by atoms with E-state index in [1.165, 1.54) is 5.56 Å². The van der Waals surface area contributed by atoms with Crippen LogP contribution in [0.5, 0.6) is 0 Å². The number of carbonyl (C=O) groups is 1. The molecule has 0 unspecified atom stereocenters. The molecule has 4 rings (SSSR count). The van der Waals surface area contributed by atoms with Gasteiger partial charge in [0.25, 0.3) is 0 Å². The van der Waals surface area contributed by atoms with Crippen LogP contribution in [-0.2, 0) is 10.3 Å². The number of nitrogens with zero attached hydrogens (tertiary/aromatic N) is 2. The summed E-state index contributed by atoms with van der Waals surface area (Å²) in [5.41, 5.74) is 5.35. The van der Waals surface area contributed by atoms with E-state index in [4.69, 9.17) is 4.84 Å². The first-order valence-electron chi connectivity index (χ1n) is 11.7. The third kappa shape index (κ3) is 4.67. The molecule has 2 aromatic rings. The van der Waals surface area contributed by atoms with Gasteiger partial charge in [-0.15, -0.1) is 0 Å². The third-order valence-corrected chi connectivity index (χ3v) is 6.71. The fourth-order valence-electron chi connectivity index (χ4n) is 4.53. The van der Waals surface area contributed by atoms with Gasteiger partial charge < -0.3 is 15.1 Å². The first kappa shape index (κ1) is 22.4. The zero-order valence-corrected chi connectivity index (χ0v) is 19.9. The van der Waals surface area contributed by atoms with Crippen LogP contribution >= 0.6 is 0 Å². The van der Waals surface area contributed by atoms with Crippen LogP contribution in [-0.4, -0.2) is 35.3 Å². The van der Waals surface area contributed by atoms with Gasteiger partial charge >= 0.3 is 6.03 Å². The average molecular weight is 434 g/mol. The van der Waals surface area contributed by atoms with Crippen LogP contribution in [0.1, 0.15) is 76.5 Å². The minimum Gasteiger partial charge on any atom is -0.388 e. The Morgan fingerprint density at radius 2 is 1.72 bits per heavy atom. The van der Waals surface area contributed by atoms with E-state index < -0.39 is 0 Å². The molecule has 2 heterocycles. The third-order valence-electron chi connectivity index (χ3n) is 6.71. The molecule has 0 bridgehead atoms. The first-order valence-corrected chi connectivity index (χ1v) is 11.7. The molecule has 1 N–H and O–H groups in total. The maximum atomic E-state index is 12.9. The number of para-hydroxylation sites is 1. The van der Waals surface area contributed by atoms with E-state index in [0.717, 1.165) is 41.8 Å². The van der Waals surface area contributed by atoms with Crippen molar-refractivity contribution < 1.29 is 9.63 Å². The molecular weight excluding hydrogens is 398 g/mol. The summed E-state index contributed by atoms with van der Waals surface area (Å²) in [6.45, 7) is 12.3. The second kappa shape index (κ2) is 8.61. The van der Waals surface area contributed by atoms with Gasteiger partial charge in [0.05, 0.1) is 5.71 Å². The highest BCUT2D eigenvalue weighted by Crippen LogP contribution is 2.37. The number of benzene rings is 2. The molecule has 0 atom stereocenters. The molecule has 5 heteroatoms. The Morgan fingerprint density at radius 3 is 2.34 bits per heavy atom. The largest absolute Gasteiger partial charge is 0.388 e. The summed E-state index contributed by atoms with van der Waals surface area (Å²) in [6.07, 6.45) is 2.38. The zero-order valence-electron chi connectivity index (χ0n) is 19.9. The molecule has 170 valence electrons. The van der Waals surface area contributed by atoms with Gasteiger partial charge in [0.2, 0.25) is 0 Å². The number of anilines is 1. The Morgan fingerprint density at radius 1 is 1.06 bits per heavy atom. The van der Waals surface area contributed by atoms with Gasteiger partial charge in [0.1, 0.15) is 5.60 Å². The lowest BCUT2D eigenvalue weighted by molar-refractivity contribution is -0.0544. The number of likely N-dealkylation sites (tertiary alicyclic amines) is 1. The van der Waals surface area contributed by atoms with E-state index in [-0.39, 0.29) is 17.0 Å². The van der Waals surface area contributed by atoms with Crippen molar-refractivity contribution in [2.24, 2.45) is 5.16 Å². The molecule has 0 radical (unpaired) electrons. The smallest absolute Gasteiger partial charge is 0.321 e. The van der Waals surface area contributed by atoms with Crippen LogP contribution in [0.3, 0.4) is 0 Å².